The molecule has 0 saturated carbocycles. The molecule has 0 amide bonds. The third-order valence-corrected chi connectivity index (χ3v) is 1.81. The Kier molecular flexibility index (Phi) is 1.25. The minimum absolute atomic E-state index is 0.197. The Morgan fingerprint density at radius 2 is 2.18 bits per heavy atom. The summed E-state index contributed by atoms with van der Waals surface area (Å²) >= 11 is 0. The van der Waals surface area contributed by atoms with Crippen LogP contribution in [-0.4, -0.2) is 30.6 Å². The highest BCUT2D eigenvalue weighted by molar-refractivity contribution is 5.77. The molecule has 2 fully saturated rings. The van der Waals surface area contributed by atoms with Crippen molar-refractivity contribution in [2.24, 2.45) is 0 Å². The fourth-order valence-electron chi connectivity index (χ4n) is 1.40. The Hall–Kier alpha value is -0.610. The van der Waals surface area contributed by atoms with Crippen LogP contribution in [0.25, 0.3) is 0 Å². The van der Waals surface area contributed by atoms with E-state index in [-0.39, 0.29) is 12.1 Å². The minimum atomic E-state index is -0.630. The second-order valence-corrected chi connectivity index (χ2v) is 3.22. The summed E-state index contributed by atoms with van der Waals surface area (Å²) in [5.74, 6) is -0.935. The lowest BCUT2D eigenvalue weighted by Crippen LogP contribution is -2.25. The van der Waals surface area contributed by atoms with E-state index in [9.17, 15) is 4.79 Å². The summed E-state index contributed by atoms with van der Waals surface area (Å²) in [5, 5.41) is 0. The third-order valence-electron chi connectivity index (χ3n) is 1.81. The first-order chi connectivity index (χ1) is 5.08. The van der Waals surface area contributed by atoms with Crippen molar-refractivity contribution in [2.45, 2.75) is 31.8 Å². The highest BCUT2D eigenvalue weighted by Gasteiger charge is 2.50. The molecule has 4 nitrogen and oxygen atoms in total. The van der Waals surface area contributed by atoms with E-state index in [2.05, 4.69) is 0 Å². The molecular weight excluding hydrogens is 148 g/mol. The zero-order valence-corrected chi connectivity index (χ0v) is 6.49. The van der Waals surface area contributed by atoms with Crippen molar-refractivity contribution in [3.63, 3.8) is 0 Å². The summed E-state index contributed by atoms with van der Waals surface area (Å²) in [7, 11) is 0. The summed E-state index contributed by atoms with van der Waals surface area (Å²) in [6, 6.07) is 0. The second kappa shape index (κ2) is 1.95. The van der Waals surface area contributed by atoms with Gasteiger partial charge in [-0.3, -0.25) is 0 Å². The number of esters is 1. The summed E-state index contributed by atoms with van der Waals surface area (Å²) in [6.07, 6.45) is -0.692. The molecular formula is C7H10O4. The first-order valence-corrected chi connectivity index (χ1v) is 3.61. The molecule has 0 N–H and O–H groups in total. The first-order valence-electron chi connectivity index (χ1n) is 3.61. The molecule has 2 rings (SSSR count). The molecule has 0 bridgehead atoms. The maximum absolute atomic E-state index is 10.9. The number of hydrogen-bond donors (Lipinski definition) is 0. The molecule has 2 heterocycles. The molecule has 0 spiro atoms. The lowest BCUT2D eigenvalue weighted by molar-refractivity contribution is -0.178. The number of carbonyl (C=O) groups excluding carboxylic acids is 1. The van der Waals surface area contributed by atoms with Crippen molar-refractivity contribution in [1.29, 1.82) is 0 Å². The SMILES string of the molecule is CC1(C)OC2COC(=O)[C@H]2O1. The normalized spacial score (nSPS) is 40.4. The van der Waals surface area contributed by atoms with Crippen molar-refractivity contribution in [1.82, 2.24) is 0 Å². The van der Waals surface area contributed by atoms with E-state index in [0.29, 0.717) is 6.61 Å². The standard InChI is InChI=1S/C7H10O4/c1-7(2)10-4-3-9-6(8)5(4)11-7/h4-5H,3H2,1-2H3/t4?,5-/m0/s1. The van der Waals surface area contributed by atoms with Crippen LogP contribution in [0, 0.1) is 0 Å². The molecule has 11 heavy (non-hydrogen) atoms. The fraction of sp³-hybridized carbons (Fsp3) is 0.857. The van der Waals surface area contributed by atoms with Crippen molar-refractivity contribution < 1.29 is 19.0 Å². The van der Waals surface area contributed by atoms with Gasteiger partial charge in [-0.05, 0) is 13.8 Å². The van der Waals surface area contributed by atoms with Crippen LogP contribution in [0.3, 0.4) is 0 Å². The number of hydrogen-bond acceptors (Lipinski definition) is 4. The average molecular weight is 158 g/mol. The van der Waals surface area contributed by atoms with Crippen molar-refractivity contribution >= 4 is 5.97 Å². The van der Waals surface area contributed by atoms with Crippen molar-refractivity contribution in [2.75, 3.05) is 6.61 Å². The molecule has 0 aromatic heterocycles. The number of carbonyl (C=O) groups is 1. The molecule has 62 valence electrons. The minimum Gasteiger partial charge on any atom is -0.461 e. The van der Waals surface area contributed by atoms with Crippen LogP contribution in [0.2, 0.25) is 0 Å². The molecule has 2 aliphatic rings. The topological polar surface area (TPSA) is 44.8 Å². The van der Waals surface area contributed by atoms with Gasteiger partial charge < -0.3 is 14.2 Å². The summed E-state index contributed by atoms with van der Waals surface area (Å²) in [6.45, 7) is 3.91. The number of rotatable bonds is 0. The quantitative estimate of drug-likeness (QED) is 0.468. The smallest absolute Gasteiger partial charge is 0.338 e. The molecule has 0 aliphatic carbocycles. The highest BCUT2D eigenvalue weighted by Crippen LogP contribution is 2.32. The van der Waals surface area contributed by atoms with Gasteiger partial charge in [-0.15, -0.1) is 0 Å². The van der Waals surface area contributed by atoms with Gasteiger partial charge in [-0.25, -0.2) is 4.79 Å². The lowest BCUT2D eigenvalue weighted by atomic mass is 10.3. The number of cyclic esters (lactones) is 1. The highest BCUT2D eigenvalue weighted by atomic mass is 16.8. The van der Waals surface area contributed by atoms with Gasteiger partial charge in [0.15, 0.2) is 11.9 Å². The zero-order valence-electron chi connectivity index (χ0n) is 6.49. The predicted molar refractivity (Wildman–Crippen MR) is 34.8 cm³/mol. The van der Waals surface area contributed by atoms with Gasteiger partial charge in [-0.2, -0.15) is 0 Å². The van der Waals surface area contributed by atoms with Crippen LogP contribution in [-0.2, 0) is 19.0 Å². The third kappa shape index (κ3) is 1.02. The van der Waals surface area contributed by atoms with Gasteiger partial charge >= 0.3 is 5.97 Å². The summed E-state index contributed by atoms with van der Waals surface area (Å²) in [5.41, 5.74) is 0. The van der Waals surface area contributed by atoms with Gasteiger partial charge in [0.1, 0.15) is 12.7 Å². The summed E-state index contributed by atoms with van der Waals surface area (Å²) in [4.78, 5) is 10.9. The van der Waals surface area contributed by atoms with Gasteiger partial charge in [0.05, 0.1) is 0 Å². The lowest BCUT2D eigenvalue weighted by Gasteiger charge is -2.17. The van der Waals surface area contributed by atoms with Crippen molar-refractivity contribution in [3.05, 3.63) is 0 Å². The Morgan fingerprint density at radius 1 is 1.45 bits per heavy atom. The fourth-order valence-corrected chi connectivity index (χ4v) is 1.40. The Bertz CT molecular complexity index is 199. The Balaban J connectivity index is 2.16. The molecule has 4 heteroatoms. The average Bonchev–Trinajstić information content (AvgIpc) is 2.31. The van der Waals surface area contributed by atoms with Crippen LogP contribution in [0.4, 0.5) is 0 Å². The maximum atomic E-state index is 10.9. The van der Waals surface area contributed by atoms with E-state index < -0.39 is 11.9 Å². The van der Waals surface area contributed by atoms with Crippen LogP contribution in [0.5, 0.6) is 0 Å². The molecule has 0 aromatic rings. The first kappa shape index (κ1) is 7.06. The van der Waals surface area contributed by atoms with E-state index >= 15 is 0 Å². The predicted octanol–water partition coefficient (Wildman–Crippen LogP) is 0.0633. The molecule has 2 aliphatic heterocycles. The van der Waals surface area contributed by atoms with E-state index in [0.717, 1.165) is 0 Å². The van der Waals surface area contributed by atoms with E-state index in [1.165, 1.54) is 0 Å². The number of fused-ring (bicyclic) bond motifs is 1. The van der Waals surface area contributed by atoms with Crippen LogP contribution >= 0.6 is 0 Å². The van der Waals surface area contributed by atoms with Crippen LogP contribution in [0.15, 0.2) is 0 Å². The Morgan fingerprint density at radius 3 is 2.82 bits per heavy atom. The molecule has 2 atom stereocenters. The van der Waals surface area contributed by atoms with Crippen LogP contribution in [0.1, 0.15) is 13.8 Å². The molecule has 0 radical (unpaired) electrons. The van der Waals surface area contributed by atoms with Gasteiger partial charge in [0.25, 0.3) is 0 Å². The molecule has 2 saturated heterocycles. The molecule has 1 unspecified atom stereocenters. The molecule has 0 aromatic carbocycles. The van der Waals surface area contributed by atoms with Crippen LogP contribution < -0.4 is 0 Å². The van der Waals surface area contributed by atoms with Crippen molar-refractivity contribution in [3.8, 4) is 0 Å². The maximum Gasteiger partial charge on any atom is 0.338 e. The van der Waals surface area contributed by atoms with E-state index in [4.69, 9.17) is 14.2 Å². The summed E-state index contributed by atoms with van der Waals surface area (Å²) < 4.78 is 15.4. The second-order valence-electron chi connectivity index (χ2n) is 3.22. The van der Waals surface area contributed by atoms with E-state index in [1.807, 2.05) is 0 Å². The van der Waals surface area contributed by atoms with E-state index in [1.54, 1.807) is 13.8 Å². The zero-order chi connectivity index (χ0) is 8.06. The van der Waals surface area contributed by atoms with Gasteiger partial charge in [0, 0.05) is 0 Å². The Labute approximate surface area is 64.4 Å². The van der Waals surface area contributed by atoms with Gasteiger partial charge in [0.2, 0.25) is 0 Å². The largest absolute Gasteiger partial charge is 0.461 e. The van der Waals surface area contributed by atoms with Gasteiger partial charge in [-0.1, -0.05) is 0 Å². The monoisotopic (exact) mass is 158 g/mol. The number of ether oxygens (including phenoxy) is 3.